The largest absolute Gasteiger partial charge is 0.446 e. The van der Waals surface area contributed by atoms with E-state index in [4.69, 9.17) is 9.15 Å². The number of rotatable bonds is 3. The molecule has 0 saturated carbocycles. The number of nitrogens with one attached hydrogen (secondary N) is 1. The van der Waals surface area contributed by atoms with Crippen molar-refractivity contribution in [1.82, 2.24) is 5.32 Å². The number of anilines is 1. The van der Waals surface area contributed by atoms with Gasteiger partial charge in [0.25, 0.3) is 0 Å². The second kappa shape index (κ2) is 4.68. The molecule has 2 rings (SSSR count). The van der Waals surface area contributed by atoms with Gasteiger partial charge in [-0.2, -0.15) is 0 Å². The summed E-state index contributed by atoms with van der Waals surface area (Å²) in [6.45, 7) is 5.41. The van der Waals surface area contributed by atoms with E-state index in [-0.39, 0.29) is 0 Å². The maximum absolute atomic E-state index is 5.54. The zero-order valence-corrected chi connectivity index (χ0v) is 9.32. The average molecular weight is 210 g/mol. The summed E-state index contributed by atoms with van der Waals surface area (Å²) in [5.74, 6) is 1.87. The van der Waals surface area contributed by atoms with Crippen LogP contribution in [0.5, 0.6) is 0 Å². The summed E-state index contributed by atoms with van der Waals surface area (Å²) >= 11 is 0. The van der Waals surface area contributed by atoms with E-state index >= 15 is 0 Å². The van der Waals surface area contributed by atoms with Gasteiger partial charge in [0.2, 0.25) is 0 Å². The summed E-state index contributed by atoms with van der Waals surface area (Å²) in [5, 5.41) is 3.42. The van der Waals surface area contributed by atoms with Crippen molar-refractivity contribution in [2.24, 2.45) is 0 Å². The van der Waals surface area contributed by atoms with Crippen LogP contribution >= 0.6 is 0 Å². The number of aryl methyl sites for hydroxylation is 1. The van der Waals surface area contributed by atoms with Crippen molar-refractivity contribution in [3.05, 3.63) is 17.9 Å². The number of hydrogen-bond donors (Lipinski definition) is 1. The van der Waals surface area contributed by atoms with Crippen molar-refractivity contribution in [2.75, 3.05) is 38.3 Å². The molecule has 0 radical (unpaired) electrons. The van der Waals surface area contributed by atoms with Gasteiger partial charge in [-0.15, -0.1) is 0 Å². The molecule has 0 aliphatic carbocycles. The fourth-order valence-corrected chi connectivity index (χ4v) is 1.78. The van der Waals surface area contributed by atoms with Gasteiger partial charge in [0.05, 0.1) is 13.2 Å². The van der Waals surface area contributed by atoms with E-state index < -0.39 is 0 Å². The van der Waals surface area contributed by atoms with Crippen LogP contribution < -0.4 is 10.2 Å². The predicted octanol–water partition coefficient (Wildman–Crippen LogP) is 1.01. The van der Waals surface area contributed by atoms with Gasteiger partial charge in [-0.1, -0.05) is 0 Å². The Morgan fingerprint density at radius 2 is 2.40 bits per heavy atom. The summed E-state index contributed by atoms with van der Waals surface area (Å²) in [4.78, 5) is 2.11. The Morgan fingerprint density at radius 1 is 1.53 bits per heavy atom. The highest BCUT2D eigenvalue weighted by atomic mass is 16.5. The molecule has 1 N–H and O–H groups in total. The lowest BCUT2D eigenvalue weighted by Crippen LogP contribution is -2.47. The van der Waals surface area contributed by atoms with E-state index in [1.807, 2.05) is 26.1 Å². The summed E-state index contributed by atoms with van der Waals surface area (Å²) < 4.78 is 10.9. The van der Waals surface area contributed by atoms with Crippen molar-refractivity contribution in [3.8, 4) is 0 Å². The second-order valence-corrected chi connectivity index (χ2v) is 3.99. The number of hydrogen-bond acceptors (Lipinski definition) is 4. The lowest BCUT2D eigenvalue weighted by Gasteiger charge is -2.28. The quantitative estimate of drug-likeness (QED) is 0.808. The molecule has 1 atom stereocenters. The van der Waals surface area contributed by atoms with Gasteiger partial charge in [0.1, 0.15) is 5.76 Å². The minimum absolute atomic E-state index is 0.397. The summed E-state index contributed by atoms with van der Waals surface area (Å²) in [7, 11) is 2.04. The fourth-order valence-electron chi connectivity index (χ4n) is 1.78. The normalized spacial score (nSPS) is 21.6. The third-order valence-electron chi connectivity index (χ3n) is 2.60. The van der Waals surface area contributed by atoms with Gasteiger partial charge in [-0.25, -0.2) is 0 Å². The minimum atomic E-state index is 0.397. The van der Waals surface area contributed by atoms with Crippen LogP contribution in [0.15, 0.2) is 16.5 Å². The Bertz CT molecular complexity index is 305. The molecule has 0 amide bonds. The van der Waals surface area contributed by atoms with E-state index in [9.17, 15) is 0 Å². The molecule has 4 nitrogen and oxygen atoms in total. The number of furan rings is 1. The Hall–Kier alpha value is -1.00. The minimum Gasteiger partial charge on any atom is -0.446 e. The zero-order chi connectivity index (χ0) is 10.7. The SMILES string of the molecule is Cc1ccc(N(C)CC2COCCN2)o1. The third-order valence-corrected chi connectivity index (χ3v) is 2.60. The van der Waals surface area contributed by atoms with E-state index in [0.29, 0.717) is 6.04 Å². The molecule has 0 spiro atoms. The first-order valence-corrected chi connectivity index (χ1v) is 5.34. The molecule has 1 aliphatic heterocycles. The number of likely N-dealkylation sites (N-methyl/N-ethyl adjacent to an activating group) is 1. The number of ether oxygens (including phenoxy) is 1. The standard InChI is InChI=1S/C11H18N2O2/c1-9-3-4-11(15-9)13(2)7-10-8-14-6-5-12-10/h3-4,10,12H,5-8H2,1-2H3. The first-order valence-electron chi connectivity index (χ1n) is 5.34. The summed E-state index contributed by atoms with van der Waals surface area (Å²) in [6, 6.07) is 4.38. The molecule has 84 valence electrons. The monoisotopic (exact) mass is 210 g/mol. The molecule has 1 aliphatic rings. The first kappa shape index (κ1) is 10.5. The van der Waals surface area contributed by atoms with Crippen LogP contribution in [0.4, 0.5) is 5.88 Å². The summed E-state index contributed by atoms with van der Waals surface area (Å²) in [6.07, 6.45) is 0. The molecule has 1 aromatic rings. The number of morpholine rings is 1. The van der Waals surface area contributed by atoms with Crippen LogP contribution in [0, 0.1) is 6.92 Å². The topological polar surface area (TPSA) is 37.6 Å². The predicted molar refractivity (Wildman–Crippen MR) is 59.3 cm³/mol. The molecule has 2 heterocycles. The van der Waals surface area contributed by atoms with Crippen LogP contribution in [-0.4, -0.2) is 39.4 Å². The van der Waals surface area contributed by atoms with E-state index in [0.717, 1.165) is 37.9 Å². The van der Waals surface area contributed by atoms with Crippen molar-refractivity contribution in [3.63, 3.8) is 0 Å². The van der Waals surface area contributed by atoms with Gasteiger partial charge >= 0.3 is 0 Å². The van der Waals surface area contributed by atoms with Gasteiger partial charge < -0.3 is 19.4 Å². The highest BCUT2D eigenvalue weighted by molar-refractivity contribution is 5.35. The van der Waals surface area contributed by atoms with E-state index in [1.165, 1.54) is 0 Å². The van der Waals surface area contributed by atoms with Crippen LogP contribution in [0.2, 0.25) is 0 Å². The molecule has 1 fully saturated rings. The molecule has 1 saturated heterocycles. The molecule has 0 aromatic carbocycles. The smallest absolute Gasteiger partial charge is 0.195 e. The van der Waals surface area contributed by atoms with Crippen LogP contribution in [0.3, 0.4) is 0 Å². The van der Waals surface area contributed by atoms with Crippen LogP contribution in [0.1, 0.15) is 5.76 Å². The lowest BCUT2D eigenvalue weighted by atomic mass is 10.2. The van der Waals surface area contributed by atoms with Crippen LogP contribution in [0.25, 0.3) is 0 Å². The van der Waals surface area contributed by atoms with Gasteiger partial charge in [-0.05, 0) is 13.0 Å². The maximum atomic E-state index is 5.54. The molecular formula is C11H18N2O2. The Morgan fingerprint density at radius 3 is 3.00 bits per heavy atom. The van der Waals surface area contributed by atoms with E-state index in [1.54, 1.807) is 0 Å². The number of nitrogens with zero attached hydrogens (tertiary/aromatic N) is 1. The first-order chi connectivity index (χ1) is 7.25. The average Bonchev–Trinajstić information content (AvgIpc) is 2.66. The summed E-state index contributed by atoms with van der Waals surface area (Å²) in [5.41, 5.74) is 0. The maximum Gasteiger partial charge on any atom is 0.195 e. The van der Waals surface area contributed by atoms with Gasteiger partial charge in [0, 0.05) is 32.2 Å². The lowest BCUT2D eigenvalue weighted by molar-refractivity contribution is 0.0789. The highest BCUT2D eigenvalue weighted by Gasteiger charge is 2.16. The molecule has 15 heavy (non-hydrogen) atoms. The van der Waals surface area contributed by atoms with Crippen molar-refractivity contribution >= 4 is 5.88 Å². The third kappa shape index (κ3) is 2.73. The molecule has 4 heteroatoms. The van der Waals surface area contributed by atoms with Gasteiger partial charge in [-0.3, -0.25) is 0 Å². The van der Waals surface area contributed by atoms with Crippen molar-refractivity contribution < 1.29 is 9.15 Å². The zero-order valence-electron chi connectivity index (χ0n) is 9.32. The molecule has 1 aromatic heterocycles. The van der Waals surface area contributed by atoms with Crippen molar-refractivity contribution in [1.29, 1.82) is 0 Å². The Balaban J connectivity index is 1.88. The fraction of sp³-hybridized carbons (Fsp3) is 0.636. The Kier molecular flexibility index (Phi) is 3.28. The highest BCUT2D eigenvalue weighted by Crippen LogP contribution is 2.16. The van der Waals surface area contributed by atoms with E-state index in [2.05, 4.69) is 10.2 Å². The molecule has 1 unspecified atom stereocenters. The van der Waals surface area contributed by atoms with Gasteiger partial charge in [0.15, 0.2) is 5.88 Å². The Labute approximate surface area is 90.2 Å². The second-order valence-electron chi connectivity index (χ2n) is 3.99. The molecule has 0 bridgehead atoms. The van der Waals surface area contributed by atoms with Crippen molar-refractivity contribution in [2.45, 2.75) is 13.0 Å². The molecular weight excluding hydrogens is 192 g/mol. The van der Waals surface area contributed by atoms with Crippen LogP contribution in [-0.2, 0) is 4.74 Å².